The summed E-state index contributed by atoms with van der Waals surface area (Å²) < 4.78 is 1.09. The van der Waals surface area contributed by atoms with E-state index in [9.17, 15) is 0 Å². The average molecular weight is 250 g/mol. The SMILES string of the molecule is CNCC(CO)c1cc(Br)cs1. The third-order valence-electron chi connectivity index (χ3n) is 1.66. The van der Waals surface area contributed by atoms with Gasteiger partial charge in [0.2, 0.25) is 0 Å². The van der Waals surface area contributed by atoms with Crippen molar-refractivity contribution in [2.75, 3.05) is 20.2 Å². The number of hydrogen-bond donors (Lipinski definition) is 2. The van der Waals surface area contributed by atoms with Crippen LogP contribution in [0.4, 0.5) is 0 Å². The highest BCUT2D eigenvalue weighted by atomic mass is 79.9. The zero-order chi connectivity index (χ0) is 8.97. The number of nitrogens with one attached hydrogen (secondary N) is 1. The fourth-order valence-corrected chi connectivity index (χ4v) is 2.58. The average Bonchev–Trinajstić information content (AvgIpc) is 2.47. The van der Waals surface area contributed by atoms with Gasteiger partial charge < -0.3 is 10.4 Å². The molecule has 1 heterocycles. The van der Waals surface area contributed by atoms with Gasteiger partial charge in [-0.1, -0.05) is 0 Å². The van der Waals surface area contributed by atoms with Crippen molar-refractivity contribution in [1.82, 2.24) is 5.32 Å². The van der Waals surface area contributed by atoms with E-state index in [-0.39, 0.29) is 12.5 Å². The topological polar surface area (TPSA) is 32.3 Å². The number of aliphatic hydroxyl groups is 1. The van der Waals surface area contributed by atoms with Crippen LogP contribution in [0, 0.1) is 0 Å². The smallest absolute Gasteiger partial charge is 0.0519 e. The zero-order valence-corrected chi connectivity index (χ0v) is 9.28. The molecule has 12 heavy (non-hydrogen) atoms. The van der Waals surface area contributed by atoms with E-state index in [2.05, 4.69) is 27.3 Å². The Bertz CT molecular complexity index is 239. The summed E-state index contributed by atoms with van der Waals surface area (Å²) >= 11 is 5.06. The van der Waals surface area contributed by atoms with E-state index in [1.165, 1.54) is 4.88 Å². The highest BCUT2D eigenvalue weighted by Gasteiger charge is 2.10. The third kappa shape index (κ3) is 2.55. The Morgan fingerprint density at radius 3 is 2.92 bits per heavy atom. The molecule has 0 aliphatic heterocycles. The molecule has 0 saturated heterocycles. The number of halogens is 1. The van der Waals surface area contributed by atoms with E-state index in [0.717, 1.165) is 11.0 Å². The van der Waals surface area contributed by atoms with Gasteiger partial charge in [0.25, 0.3) is 0 Å². The van der Waals surface area contributed by atoms with Crippen molar-refractivity contribution in [3.05, 3.63) is 20.8 Å². The number of hydrogen-bond acceptors (Lipinski definition) is 3. The van der Waals surface area contributed by atoms with Gasteiger partial charge in [0.05, 0.1) is 6.61 Å². The molecule has 0 radical (unpaired) electrons. The van der Waals surface area contributed by atoms with Crippen molar-refractivity contribution < 1.29 is 5.11 Å². The Morgan fingerprint density at radius 1 is 1.75 bits per heavy atom. The standard InChI is InChI=1S/C8H12BrNOS/c1-10-3-6(4-11)8-2-7(9)5-12-8/h2,5-6,10-11H,3-4H2,1H3. The van der Waals surface area contributed by atoms with Crippen LogP contribution >= 0.6 is 27.3 Å². The Labute approximate surface area is 84.7 Å². The molecule has 1 aromatic rings. The quantitative estimate of drug-likeness (QED) is 0.854. The first-order valence-corrected chi connectivity index (χ1v) is 5.44. The van der Waals surface area contributed by atoms with Crippen molar-refractivity contribution in [3.8, 4) is 0 Å². The molecule has 0 bridgehead atoms. The first kappa shape index (κ1) is 10.2. The lowest BCUT2D eigenvalue weighted by Crippen LogP contribution is -2.19. The molecule has 0 aromatic carbocycles. The molecule has 0 fully saturated rings. The number of aliphatic hydroxyl groups excluding tert-OH is 1. The molecule has 2 N–H and O–H groups in total. The molecule has 0 saturated carbocycles. The molecule has 0 amide bonds. The lowest BCUT2D eigenvalue weighted by molar-refractivity contribution is 0.265. The Kier molecular flexibility index (Phi) is 4.21. The number of likely N-dealkylation sites (N-methyl/N-ethyl adjacent to an activating group) is 1. The second-order valence-electron chi connectivity index (χ2n) is 2.60. The van der Waals surface area contributed by atoms with Gasteiger partial charge in [-0.15, -0.1) is 11.3 Å². The predicted octanol–water partition coefficient (Wildman–Crippen LogP) is 1.81. The summed E-state index contributed by atoms with van der Waals surface area (Å²) in [5.41, 5.74) is 0. The van der Waals surface area contributed by atoms with Gasteiger partial charge >= 0.3 is 0 Å². The Balaban J connectivity index is 2.66. The van der Waals surface area contributed by atoms with Crippen LogP contribution in [0.25, 0.3) is 0 Å². The molecule has 1 aromatic heterocycles. The van der Waals surface area contributed by atoms with Crippen LogP contribution in [0.2, 0.25) is 0 Å². The minimum atomic E-state index is 0.202. The molecule has 4 heteroatoms. The number of thiophene rings is 1. The van der Waals surface area contributed by atoms with E-state index in [1.54, 1.807) is 11.3 Å². The summed E-state index contributed by atoms with van der Waals surface area (Å²) in [6.07, 6.45) is 0. The second-order valence-corrected chi connectivity index (χ2v) is 4.46. The van der Waals surface area contributed by atoms with Crippen LogP contribution in [-0.2, 0) is 0 Å². The van der Waals surface area contributed by atoms with Gasteiger partial charge in [-0.3, -0.25) is 0 Å². The molecule has 1 unspecified atom stereocenters. The van der Waals surface area contributed by atoms with Crippen LogP contribution < -0.4 is 5.32 Å². The minimum Gasteiger partial charge on any atom is -0.396 e. The summed E-state index contributed by atoms with van der Waals surface area (Å²) in [6, 6.07) is 2.06. The summed E-state index contributed by atoms with van der Waals surface area (Å²) in [5, 5.41) is 14.2. The van der Waals surface area contributed by atoms with E-state index < -0.39 is 0 Å². The zero-order valence-electron chi connectivity index (χ0n) is 6.88. The van der Waals surface area contributed by atoms with Gasteiger partial charge in [-0.2, -0.15) is 0 Å². The monoisotopic (exact) mass is 249 g/mol. The molecule has 2 nitrogen and oxygen atoms in total. The summed E-state index contributed by atoms with van der Waals surface area (Å²) in [4.78, 5) is 1.22. The first-order valence-electron chi connectivity index (χ1n) is 3.77. The fourth-order valence-electron chi connectivity index (χ4n) is 1.04. The van der Waals surface area contributed by atoms with E-state index in [4.69, 9.17) is 5.11 Å². The minimum absolute atomic E-state index is 0.202. The fraction of sp³-hybridized carbons (Fsp3) is 0.500. The van der Waals surface area contributed by atoms with Crippen molar-refractivity contribution >= 4 is 27.3 Å². The largest absolute Gasteiger partial charge is 0.396 e. The predicted molar refractivity (Wildman–Crippen MR) is 55.8 cm³/mol. The highest BCUT2D eigenvalue weighted by Crippen LogP contribution is 2.26. The number of rotatable bonds is 4. The van der Waals surface area contributed by atoms with Crippen LogP contribution in [0.15, 0.2) is 15.9 Å². The molecular weight excluding hydrogens is 238 g/mol. The molecule has 68 valence electrons. The third-order valence-corrected chi connectivity index (χ3v) is 3.52. The summed E-state index contributed by atoms with van der Waals surface area (Å²) in [5.74, 6) is 0.228. The Hall–Kier alpha value is 0.1000. The van der Waals surface area contributed by atoms with Gasteiger partial charge in [-0.25, -0.2) is 0 Å². The lowest BCUT2D eigenvalue weighted by Gasteiger charge is -2.10. The molecule has 1 atom stereocenters. The maximum absolute atomic E-state index is 9.07. The van der Waals surface area contributed by atoms with Gasteiger partial charge in [0.15, 0.2) is 0 Å². The van der Waals surface area contributed by atoms with Crippen molar-refractivity contribution in [2.45, 2.75) is 5.92 Å². The molecule has 0 aliphatic rings. The van der Waals surface area contributed by atoms with Gasteiger partial charge in [-0.05, 0) is 29.0 Å². The van der Waals surface area contributed by atoms with Gasteiger partial charge in [0, 0.05) is 27.2 Å². The van der Waals surface area contributed by atoms with Crippen LogP contribution in [0.3, 0.4) is 0 Å². The van der Waals surface area contributed by atoms with Gasteiger partial charge in [0.1, 0.15) is 0 Å². The van der Waals surface area contributed by atoms with Crippen molar-refractivity contribution in [3.63, 3.8) is 0 Å². The van der Waals surface area contributed by atoms with Crippen molar-refractivity contribution in [1.29, 1.82) is 0 Å². The van der Waals surface area contributed by atoms with E-state index in [0.29, 0.717) is 0 Å². The summed E-state index contributed by atoms with van der Waals surface area (Å²) in [6.45, 7) is 1.03. The molecule has 1 rings (SSSR count). The van der Waals surface area contributed by atoms with Crippen LogP contribution in [-0.4, -0.2) is 25.3 Å². The first-order chi connectivity index (χ1) is 5.77. The molecular formula is C8H12BrNOS. The molecule has 0 spiro atoms. The maximum atomic E-state index is 9.07. The van der Waals surface area contributed by atoms with Crippen LogP contribution in [0.1, 0.15) is 10.8 Å². The Morgan fingerprint density at radius 2 is 2.50 bits per heavy atom. The van der Waals surface area contributed by atoms with E-state index >= 15 is 0 Å². The second kappa shape index (κ2) is 4.97. The highest BCUT2D eigenvalue weighted by molar-refractivity contribution is 9.10. The van der Waals surface area contributed by atoms with Crippen molar-refractivity contribution in [2.24, 2.45) is 0 Å². The maximum Gasteiger partial charge on any atom is 0.0519 e. The summed E-state index contributed by atoms with van der Waals surface area (Å²) in [7, 11) is 1.89. The normalized spacial score (nSPS) is 13.2. The molecule has 0 aliphatic carbocycles. The van der Waals surface area contributed by atoms with Crippen LogP contribution in [0.5, 0.6) is 0 Å². The lowest BCUT2D eigenvalue weighted by atomic mass is 10.1. The van der Waals surface area contributed by atoms with E-state index in [1.807, 2.05) is 12.4 Å².